The van der Waals surface area contributed by atoms with E-state index < -0.39 is 41.5 Å². The normalized spacial score (nSPS) is 35.7. The Morgan fingerprint density at radius 1 is 1.18 bits per heavy atom. The molecule has 176 valence electrons. The smallest absolute Gasteiger partial charge is 0.231 e. The molecular formula is C27H28N2O5. The summed E-state index contributed by atoms with van der Waals surface area (Å²) in [6, 6.07) is 10.4. The van der Waals surface area contributed by atoms with E-state index in [2.05, 4.69) is 19.2 Å². The van der Waals surface area contributed by atoms with Crippen molar-refractivity contribution in [1.82, 2.24) is 4.90 Å². The van der Waals surface area contributed by atoms with Crippen LogP contribution < -0.4 is 5.32 Å². The first kappa shape index (κ1) is 21.4. The average molecular weight is 461 g/mol. The standard InChI is InChI=1S/C27H28N2O5/c1-14(2)16-6-8-17(9-7-16)28-25(31)22-21-10-11-27(34-21)23(22)26(32)29-18(20-5-4-12-33-20)13-19(30)15(3)24(27)29/h4-12,14-15,18,21-24H,13H2,1-3H3,(H,28,31)/t15?,18?,21-,22?,23?,24?,27+/m1/s1. The van der Waals surface area contributed by atoms with Gasteiger partial charge in [-0.15, -0.1) is 0 Å². The van der Waals surface area contributed by atoms with Crippen LogP contribution in [0.3, 0.4) is 0 Å². The number of hydrogen-bond acceptors (Lipinski definition) is 5. The molecule has 7 heteroatoms. The number of nitrogens with zero attached hydrogens (tertiary/aromatic N) is 1. The predicted molar refractivity (Wildman–Crippen MR) is 124 cm³/mol. The summed E-state index contributed by atoms with van der Waals surface area (Å²) in [6.45, 7) is 6.10. The molecule has 3 saturated heterocycles. The number of Topliss-reactive ketones (excluding diaryl/α,β-unsaturated/α-hetero) is 1. The van der Waals surface area contributed by atoms with E-state index in [0.29, 0.717) is 17.4 Å². The van der Waals surface area contributed by atoms with Gasteiger partial charge >= 0.3 is 0 Å². The highest BCUT2D eigenvalue weighted by Gasteiger charge is 2.74. The molecular weight excluding hydrogens is 432 g/mol. The van der Waals surface area contributed by atoms with Gasteiger partial charge in [0.1, 0.15) is 17.1 Å². The molecule has 4 aliphatic heterocycles. The number of ketones is 1. The number of nitrogens with one attached hydrogen (secondary N) is 1. The van der Waals surface area contributed by atoms with Gasteiger partial charge in [0.15, 0.2) is 0 Å². The van der Waals surface area contributed by atoms with Crippen LogP contribution in [-0.2, 0) is 19.1 Å². The highest BCUT2D eigenvalue weighted by Crippen LogP contribution is 2.60. The van der Waals surface area contributed by atoms with Crippen molar-refractivity contribution in [3.63, 3.8) is 0 Å². The summed E-state index contributed by atoms with van der Waals surface area (Å²) >= 11 is 0. The third-order valence-electron chi connectivity index (χ3n) is 8.10. The van der Waals surface area contributed by atoms with Crippen LogP contribution >= 0.6 is 0 Å². The molecule has 0 aliphatic carbocycles. The van der Waals surface area contributed by atoms with Gasteiger partial charge in [0.2, 0.25) is 11.8 Å². The summed E-state index contributed by atoms with van der Waals surface area (Å²) in [6.07, 6.45) is 5.06. The minimum atomic E-state index is -0.981. The molecule has 1 aromatic heterocycles. The molecule has 2 bridgehead atoms. The molecule has 0 radical (unpaired) electrons. The zero-order valence-corrected chi connectivity index (χ0v) is 19.4. The van der Waals surface area contributed by atoms with Gasteiger partial charge in [0, 0.05) is 18.0 Å². The van der Waals surface area contributed by atoms with Crippen molar-refractivity contribution in [3.05, 3.63) is 66.1 Å². The molecule has 3 fully saturated rings. The highest BCUT2D eigenvalue weighted by atomic mass is 16.5. The SMILES string of the molecule is CC(C)c1ccc(NC(=O)C2C3C(=O)N4C(c5ccco5)CC(=O)C(C)C4[C@]34C=C[C@H]2O4)cc1. The molecule has 1 N–H and O–H groups in total. The van der Waals surface area contributed by atoms with Crippen LogP contribution in [0, 0.1) is 17.8 Å². The summed E-state index contributed by atoms with van der Waals surface area (Å²) in [5, 5.41) is 3.00. The van der Waals surface area contributed by atoms with Gasteiger partial charge in [-0.25, -0.2) is 0 Å². The minimum absolute atomic E-state index is 0.0732. The summed E-state index contributed by atoms with van der Waals surface area (Å²) in [7, 11) is 0. The average Bonchev–Trinajstić information content (AvgIpc) is 3.59. The van der Waals surface area contributed by atoms with E-state index in [0.717, 1.165) is 0 Å². The van der Waals surface area contributed by atoms with Gasteiger partial charge in [0.25, 0.3) is 0 Å². The first-order chi connectivity index (χ1) is 16.3. The number of benzene rings is 1. The number of fused-ring (bicyclic) bond motifs is 2. The van der Waals surface area contributed by atoms with Crippen molar-refractivity contribution in [3.8, 4) is 0 Å². The maximum absolute atomic E-state index is 13.9. The van der Waals surface area contributed by atoms with Crippen molar-refractivity contribution in [2.75, 3.05) is 5.32 Å². The Balaban J connectivity index is 1.34. The van der Waals surface area contributed by atoms with Crippen molar-refractivity contribution >= 4 is 23.3 Å². The summed E-state index contributed by atoms with van der Waals surface area (Å²) < 4.78 is 12.0. The zero-order valence-electron chi connectivity index (χ0n) is 19.4. The van der Waals surface area contributed by atoms with Crippen molar-refractivity contribution in [1.29, 1.82) is 0 Å². The predicted octanol–water partition coefficient (Wildman–Crippen LogP) is 3.84. The van der Waals surface area contributed by atoms with E-state index in [1.807, 2.05) is 43.3 Å². The molecule has 1 aromatic carbocycles. The third kappa shape index (κ3) is 2.83. The zero-order chi connectivity index (χ0) is 23.8. The fraction of sp³-hybridized carbons (Fsp3) is 0.444. The van der Waals surface area contributed by atoms with Crippen LogP contribution in [0.4, 0.5) is 5.69 Å². The van der Waals surface area contributed by atoms with Gasteiger partial charge < -0.3 is 19.4 Å². The van der Waals surface area contributed by atoms with E-state index in [9.17, 15) is 14.4 Å². The lowest BCUT2D eigenvalue weighted by molar-refractivity contribution is -0.147. The Kier molecular flexibility index (Phi) is 4.65. The first-order valence-corrected chi connectivity index (χ1v) is 12.0. The number of ether oxygens (including phenoxy) is 1. The number of anilines is 1. The molecule has 4 aliphatic rings. The second kappa shape index (κ2) is 7.40. The molecule has 5 unspecified atom stereocenters. The van der Waals surface area contributed by atoms with E-state index in [1.165, 1.54) is 5.56 Å². The Morgan fingerprint density at radius 2 is 1.94 bits per heavy atom. The molecule has 6 rings (SSSR count). The lowest BCUT2D eigenvalue weighted by atomic mass is 9.70. The summed E-state index contributed by atoms with van der Waals surface area (Å²) in [5.74, 6) is -1.05. The Bertz CT molecular complexity index is 1180. The first-order valence-electron chi connectivity index (χ1n) is 12.0. The molecule has 2 amide bonds. The fourth-order valence-corrected chi connectivity index (χ4v) is 6.44. The van der Waals surface area contributed by atoms with Gasteiger partial charge in [-0.2, -0.15) is 0 Å². The Morgan fingerprint density at radius 3 is 2.62 bits per heavy atom. The van der Waals surface area contributed by atoms with E-state index in [4.69, 9.17) is 9.15 Å². The lowest BCUT2D eigenvalue weighted by Crippen LogP contribution is -2.55. The van der Waals surface area contributed by atoms with E-state index in [-0.39, 0.29) is 24.0 Å². The monoisotopic (exact) mass is 460 g/mol. The molecule has 0 saturated carbocycles. The number of carbonyl (C=O) groups is 3. The van der Waals surface area contributed by atoms with Crippen LogP contribution in [-0.4, -0.2) is 40.2 Å². The minimum Gasteiger partial charge on any atom is -0.467 e. The molecule has 5 heterocycles. The van der Waals surface area contributed by atoms with Crippen LogP contribution in [0.2, 0.25) is 0 Å². The van der Waals surface area contributed by atoms with Crippen molar-refractivity contribution in [2.24, 2.45) is 17.8 Å². The number of carbonyl (C=O) groups excluding carboxylic acids is 3. The number of hydrogen-bond donors (Lipinski definition) is 1. The van der Waals surface area contributed by atoms with Crippen molar-refractivity contribution in [2.45, 2.75) is 56.9 Å². The third-order valence-corrected chi connectivity index (χ3v) is 8.10. The van der Waals surface area contributed by atoms with Gasteiger partial charge in [-0.3, -0.25) is 14.4 Å². The summed E-state index contributed by atoms with van der Waals surface area (Å²) in [5.41, 5.74) is 0.898. The second-order valence-corrected chi connectivity index (χ2v) is 10.2. The molecule has 7 atom stereocenters. The number of rotatable bonds is 4. The number of amides is 2. The topological polar surface area (TPSA) is 88.9 Å². The van der Waals surface area contributed by atoms with Gasteiger partial charge in [0.05, 0.1) is 36.3 Å². The fourth-order valence-electron chi connectivity index (χ4n) is 6.44. The molecule has 2 aromatic rings. The molecule has 34 heavy (non-hydrogen) atoms. The second-order valence-electron chi connectivity index (χ2n) is 10.2. The van der Waals surface area contributed by atoms with E-state index in [1.54, 1.807) is 23.3 Å². The van der Waals surface area contributed by atoms with Crippen LogP contribution in [0.1, 0.15) is 50.5 Å². The number of piperidine rings is 1. The van der Waals surface area contributed by atoms with Gasteiger partial charge in [-0.05, 0) is 35.7 Å². The Labute approximate surface area is 198 Å². The highest BCUT2D eigenvalue weighted by molar-refractivity contribution is 6.00. The molecule has 1 spiro atoms. The van der Waals surface area contributed by atoms with E-state index >= 15 is 0 Å². The maximum Gasteiger partial charge on any atom is 0.231 e. The maximum atomic E-state index is 13.9. The number of furan rings is 1. The van der Waals surface area contributed by atoms with Gasteiger partial charge in [-0.1, -0.05) is 45.1 Å². The molecule has 7 nitrogen and oxygen atoms in total. The Hall–Kier alpha value is -3.19. The van der Waals surface area contributed by atoms with Crippen LogP contribution in [0.15, 0.2) is 59.2 Å². The largest absolute Gasteiger partial charge is 0.467 e. The quantitative estimate of drug-likeness (QED) is 0.701. The lowest BCUT2D eigenvalue weighted by Gasteiger charge is -2.43. The van der Waals surface area contributed by atoms with Crippen LogP contribution in [0.5, 0.6) is 0 Å². The summed E-state index contributed by atoms with van der Waals surface area (Å²) in [4.78, 5) is 42.2. The van der Waals surface area contributed by atoms with Crippen molar-refractivity contribution < 1.29 is 23.5 Å². The van der Waals surface area contributed by atoms with Crippen LogP contribution in [0.25, 0.3) is 0 Å².